The second kappa shape index (κ2) is 8.76. The lowest BCUT2D eigenvalue weighted by molar-refractivity contribution is -0.0544. The summed E-state index contributed by atoms with van der Waals surface area (Å²) in [6.07, 6.45) is 7.17. The minimum atomic E-state index is 0.0461. The van der Waals surface area contributed by atoms with Crippen LogP contribution in [-0.2, 0) is 0 Å². The zero-order chi connectivity index (χ0) is 21.4. The second-order valence-electron chi connectivity index (χ2n) is 9.92. The van der Waals surface area contributed by atoms with E-state index in [-0.39, 0.29) is 5.91 Å². The molecule has 2 aromatic rings. The summed E-state index contributed by atoms with van der Waals surface area (Å²) < 4.78 is 0. The summed E-state index contributed by atoms with van der Waals surface area (Å²) in [6, 6.07) is 18.5. The summed E-state index contributed by atoms with van der Waals surface area (Å²) in [5.74, 6) is 1.63. The minimum absolute atomic E-state index is 0.0461. The summed E-state index contributed by atoms with van der Waals surface area (Å²) in [5, 5.41) is 3.64. The van der Waals surface area contributed by atoms with Crippen LogP contribution >= 0.6 is 0 Å². The van der Waals surface area contributed by atoms with Crippen molar-refractivity contribution in [3.05, 3.63) is 59.7 Å². The zero-order valence-electron chi connectivity index (χ0n) is 18.9. The molecule has 4 heteroatoms. The van der Waals surface area contributed by atoms with Gasteiger partial charge >= 0.3 is 0 Å². The predicted molar refractivity (Wildman–Crippen MR) is 126 cm³/mol. The molecular formula is C27H35N3O. The molecule has 164 valence electrons. The molecule has 2 bridgehead atoms. The first-order valence-corrected chi connectivity index (χ1v) is 12.0. The molecule has 3 atom stereocenters. The van der Waals surface area contributed by atoms with Crippen LogP contribution in [0.15, 0.2) is 48.5 Å². The summed E-state index contributed by atoms with van der Waals surface area (Å²) in [4.78, 5) is 16.5. The maximum Gasteiger partial charge on any atom is 0.253 e. The van der Waals surface area contributed by atoms with Crippen LogP contribution in [0.5, 0.6) is 0 Å². The van der Waals surface area contributed by atoms with E-state index in [1.165, 1.54) is 49.8 Å². The highest BCUT2D eigenvalue weighted by Gasteiger charge is 2.51. The summed E-state index contributed by atoms with van der Waals surface area (Å²) >= 11 is 0. The predicted octanol–water partition coefficient (Wildman–Crippen LogP) is 4.38. The highest BCUT2D eigenvalue weighted by molar-refractivity contribution is 5.94. The van der Waals surface area contributed by atoms with Crippen LogP contribution < -0.4 is 5.32 Å². The van der Waals surface area contributed by atoms with Crippen LogP contribution in [0.1, 0.15) is 53.9 Å². The number of amides is 1. The fourth-order valence-electron chi connectivity index (χ4n) is 6.03. The van der Waals surface area contributed by atoms with Crippen LogP contribution in [0.3, 0.4) is 0 Å². The molecule has 1 aliphatic carbocycles. The van der Waals surface area contributed by atoms with Gasteiger partial charge in [-0.25, -0.2) is 0 Å². The van der Waals surface area contributed by atoms with Gasteiger partial charge in [0.25, 0.3) is 5.91 Å². The summed E-state index contributed by atoms with van der Waals surface area (Å²) in [6.45, 7) is 3.55. The van der Waals surface area contributed by atoms with Gasteiger partial charge in [0, 0.05) is 57.3 Å². The molecule has 0 aromatic heterocycles. The van der Waals surface area contributed by atoms with Gasteiger partial charge in [0.15, 0.2) is 0 Å². The number of benzene rings is 2. The number of fused-ring (bicyclic) bond motifs is 2. The van der Waals surface area contributed by atoms with Gasteiger partial charge in [-0.3, -0.25) is 9.69 Å². The van der Waals surface area contributed by atoms with Gasteiger partial charge in [-0.2, -0.15) is 0 Å². The molecule has 1 unspecified atom stereocenters. The van der Waals surface area contributed by atoms with Crippen molar-refractivity contribution in [2.24, 2.45) is 5.92 Å². The van der Waals surface area contributed by atoms with E-state index in [0.29, 0.717) is 18.0 Å². The van der Waals surface area contributed by atoms with Crippen molar-refractivity contribution in [3.8, 4) is 11.1 Å². The van der Waals surface area contributed by atoms with Crippen molar-refractivity contribution >= 4 is 5.91 Å². The Labute approximate surface area is 186 Å². The Kier molecular flexibility index (Phi) is 5.85. The van der Waals surface area contributed by atoms with E-state index in [2.05, 4.69) is 46.6 Å². The maximum atomic E-state index is 12.1. The van der Waals surface area contributed by atoms with E-state index < -0.39 is 0 Å². The van der Waals surface area contributed by atoms with E-state index in [1.54, 1.807) is 19.0 Å². The molecule has 3 fully saturated rings. The highest BCUT2D eigenvalue weighted by Crippen LogP contribution is 2.44. The van der Waals surface area contributed by atoms with E-state index >= 15 is 0 Å². The Balaban J connectivity index is 1.26. The van der Waals surface area contributed by atoms with E-state index in [0.717, 1.165) is 30.1 Å². The number of likely N-dealkylation sites (tertiary alicyclic amines) is 1. The molecular weight excluding hydrogens is 382 g/mol. The molecule has 5 rings (SSSR count). The van der Waals surface area contributed by atoms with Crippen LogP contribution in [0.2, 0.25) is 0 Å². The Hall–Kier alpha value is -2.17. The molecule has 2 aliphatic heterocycles. The van der Waals surface area contributed by atoms with Gasteiger partial charge in [0.1, 0.15) is 0 Å². The van der Waals surface area contributed by atoms with Gasteiger partial charge in [-0.05, 0) is 47.6 Å². The number of nitrogens with zero attached hydrogens (tertiary/aromatic N) is 2. The Morgan fingerprint density at radius 2 is 1.48 bits per heavy atom. The van der Waals surface area contributed by atoms with E-state index in [1.807, 2.05) is 12.1 Å². The van der Waals surface area contributed by atoms with Crippen LogP contribution in [0.4, 0.5) is 0 Å². The third-order valence-corrected chi connectivity index (χ3v) is 7.75. The monoisotopic (exact) mass is 417 g/mol. The second-order valence-corrected chi connectivity index (χ2v) is 9.92. The normalized spacial score (nSPS) is 26.3. The van der Waals surface area contributed by atoms with E-state index in [4.69, 9.17) is 0 Å². The molecule has 31 heavy (non-hydrogen) atoms. The molecule has 3 aliphatic rings. The molecule has 2 saturated heterocycles. The third-order valence-electron chi connectivity index (χ3n) is 7.75. The highest BCUT2D eigenvalue weighted by atomic mass is 16.2. The number of hydrogen-bond donors (Lipinski definition) is 1. The summed E-state index contributed by atoms with van der Waals surface area (Å²) in [7, 11) is 3.58. The first-order valence-electron chi connectivity index (χ1n) is 12.0. The Bertz CT molecular complexity index is 887. The first-order chi connectivity index (χ1) is 15.1. The quantitative estimate of drug-likeness (QED) is 0.784. The van der Waals surface area contributed by atoms with Gasteiger partial charge in [-0.1, -0.05) is 55.7 Å². The van der Waals surface area contributed by atoms with Gasteiger partial charge in [0.05, 0.1) is 0 Å². The third kappa shape index (κ3) is 4.04. The zero-order valence-corrected chi connectivity index (χ0v) is 18.9. The average molecular weight is 418 g/mol. The van der Waals surface area contributed by atoms with Crippen molar-refractivity contribution in [2.45, 2.75) is 50.1 Å². The first kappa shape index (κ1) is 20.7. The fourth-order valence-corrected chi connectivity index (χ4v) is 6.03. The van der Waals surface area contributed by atoms with Crippen molar-refractivity contribution in [3.63, 3.8) is 0 Å². The minimum Gasteiger partial charge on any atom is -0.345 e. The van der Waals surface area contributed by atoms with Gasteiger partial charge < -0.3 is 10.2 Å². The van der Waals surface area contributed by atoms with Crippen LogP contribution in [-0.4, -0.2) is 61.5 Å². The number of carbonyl (C=O) groups excluding carboxylic acids is 1. The number of piperazine rings is 1. The van der Waals surface area contributed by atoms with Crippen molar-refractivity contribution in [2.75, 3.05) is 33.7 Å². The Morgan fingerprint density at radius 3 is 2.06 bits per heavy atom. The fraction of sp³-hybridized carbons (Fsp3) is 0.519. The Morgan fingerprint density at radius 1 is 0.903 bits per heavy atom. The molecule has 1 N–H and O–H groups in total. The number of hydrogen-bond acceptors (Lipinski definition) is 3. The van der Waals surface area contributed by atoms with Crippen LogP contribution in [0.25, 0.3) is 11.1 Å². The van der Waals surface area contributed by atoms with E-state index in [9.17, 15) is 4.79 Å². The molecule has 1 amide bonds. The van der Waals surface area contributed by atoms with Gasteiger partial charge in [0.2, 0.25) is 0 Å². The lowest BCUT2D eigenvalue weighted by Gasteiger charge is -2.60. The summed E-state index contributed by atoms with van der Waals surface area (Å²) in [5.41, 5.74) is 4.60. The molecule has 4 nitrogen and oxygen atoms in total. The molecule has 1 saturated carbocycles. The smallest absolute Gasteiger partial charge is 0.253 e. The van der Waals surface area contributed by atoms with Gasteiger partial charge in [-0.15, -0.1) is 0 Å². The topological polar surface area (TPSA) is 35.6 Å². The lowest BCUT2D eigenvalue weighted by atomic mass is 9.71. The number of rotatable bonds is 5. The molecule has 0 spiro atoms. The average Bonchev–Trinajstić information content (AvgIpc) is 2.83. The van der Waals surface area contributed by atoms with Crippen molar-refractivity contribution in [1.82, 2.24) is 15.1 Å². The lowest BCUT2D eigenvalue weighted by Crippen LogP contribution is -2.73. The van der Waals surface area contributed by atoms with Crippen molar-refractivity contribution < 1.29 is 4.79 Å². The molecule has 2 heterocycles. The maximum absolute atomic E-state index is 12.1. The largest absolute Gasteiger partial charge is 0.345 e. The standard InChI is InChI=1S/C27H35N3O/c1-29(2)27(31)23-14-10-21(11-15-23)20-8-12-22(13-9-20)26-24-16-28-17-25(26)30(24)18-19-6-4-3-5-7-19/h8-15,19,24-26,28H,3-7,16-18H2,1-2H3/t24-,25+,26?. The number of piperidine rings is 1. The van der Waals surface area contributed by atoms with Crippen molar-refractivity contribution in [1.29, 1.82) is 0 Å². The number of nitrogens with one attached hydrogen (secondary N) is 1. The molecule has 0 radical (unpaired) electrons. The SMILES string of the molecule is CN(C)C(=O)c1ccc(-c2ccc(C3[C@H]4CNC[C@@H]3N4CC3CCCCC3)cc2)cc1. The van der Waals surface area contributed by atoms with Crippen LogP contribution in [0, 0.1) is 5.92 Å². The molecule has 2 aromatic carbocycles. The number of carbonyl (C=O) groups is 1.